The van der Waals surface area contributed by atoms with Crippen LogP contribution in [0.5, 0.6) is 0 Å². The van der Waals surface area contributed by atoms with Crippen molar-refractivity contribution in [2.45, 2.75) is 51.6 Å². The topological polar surface area (TPSA) is 12.0 Å². The van der Waals surface area contributed by atoms with E-state index < -0.39 is 0 Å². The molecule has 0 bridgehead atoms. The predicted octanol–water partition coefficient (Wildman–Crippen LogP) is 4.51. The van der Waals surface area contributed by atoms with Crippen molar-refractivity contribution in [3.05, 3.63) is 34.3 Å². The third kappa shape index (κ3) is 4.11. The van der Waals surface area contributed by atoms with E-state index in [4.69, 9.17) is 0 Å². The molecule has 1 aliphatic rings. The van der Waals surface area contributed by atoms with Crippen molar-refractivity contribution in [1.29, 1.82) is 0 Å². The van der Waals surface area contributed by atoms with Crippen molar-refractivity contribution >= 4 is 15.9 Å². The van der Waals surface area contributed by atoms with Gasteiger partial charge in [-0.2, -0.15) is 0 Å². The van der Waals surface area contributed by atoms with Crippen LogP contribution in [0.15, 0.2) is 28.7 Å². The normalized spacial score (nSPS) is 19.2. The average Bonchev–Trinajstić information content (AvgIpc) is 2.37. The maximum Gasteiger partial charge on any atom is 0.0208 e. The van der Waals surface area contributed by atoms with E-state index in [1.165, 1.54) is 42.1 Å². The Balaban J connectivity index is 1.80. The Bertz CT molecular complexity index is 345. The molecule has 0 spiro atoms. The summed E-state index contributed by atoms with van der Waals surface area (Å²) in [5, 5.41) is 3.68. The van der Waals surface area contributed by atoms with E-state index in [-0.39, 0.29) is 0 Å². The van der Waals surface area contributed by atoms with Crippen LogP contribution in [0.3, 0.4) is 0 Å². The van der Waals surface area contributed by atoms with Crippen LogP contribution < -0.4 is 5.32 Å². The van der Waals surface area contributed by atoms with Gasteiger partial charge < -0.3 is 5.32 Å². The van der Waals surface area contributed by atoms with Gasteiger partial charge in [0.1, 0.15) is 0 Å². The van der Waals surface area contributed by atoms with Gasteiger partial charge in [-0.25, -0.2) is 0 Å². The van der Waals surface area contributed by atoms with Crippen molar-refractivity contribution in [3.63, 3.8) is 0 Å². The number of rotatable bonds is 4. The van der Waals surface area contributed by atoms with Gasteiger partial charge >= 0.3 is 0 Å². The Labute approximate surface area is 113 Å². The van der Waals surface area contributed by atoms with Crippen LogP contribution in [0.4, 0.5) is 0 Å². The molecule has 1 atom stereocenters. The standard InChI is InChI=1S/C15H22BrN/c1-12(14-7-3-2-4-8-14)17-11-13-6-5-9-15(16)10-13/h5-6,9-10,12,14,17H,2-4,7-8,11H2,1H3/t12-/m0/s1. The molecule has 17 heavy (non-hydrogen) atoms. The number of hydrogen-bond donors (Lipinski definition) is 1. The van der Waals surface area contributed by atoms with Gasteiger partial charge in [-0.15, -0.1) is 0 Å². The summed E-state index contributed by atoms with van der Waals surface area (Å²) in [6.07, 6.45) is 7.11. The number of hydrogen-bond acceptors (Lipinski definition) is 1. The second-order valence-corrected chi connectivity index (χ2v) is 6.11. The SMILES string of the molecule is C[C@H](NCc1cccc(Br)c1)C1CCCCC1. The zero-order valence-electron chi connectivity index (χ0n) is 10.6. The average molecular weight is 296 g/mol. The van der Waals surface area contributed by atoms with E-state index in [9.17, 15) is 0 Å². The maximum atomic E-state index is 3.68. The lowest BCUT2D eigenvalue weighted by Gasteiger charge is -2.28. The molecule has 2 rings (SSSR count). The largest absolute Gasteiger partial charge is 0.310 e. The lowest BCUT2D eigenvalue weighted by atomic mass is 9.84. The minimum absolute atomic E-state index is 0.647. The number of halogens is 1. The molecule has 0 unspecified atom stereocenters. The lowest BCUT2D eigenvalue weighted by molar-refractivity contribution is 0.280. The second-order valence-electron chi connectivity index (χ2n) is 5.20. The number of benzene rings is 1. The monoisotopic (exact) mass is 295 g/mol. The molecular formula is C15H22BrN. The molecule has 0 aliphatic heterocycles. The highest BCUT2D eigenvalue weighted by Gasteiger charge is 2.19. The van der Waals surface area contributed by atoms with E-state index >= 15 is 0 Å². The van der Waals surface area contributed by atoms with E-state index in [2.05, 4.69) is 52.4 Å². The van der Waals surface area contributed by atoms with Crippen LogP contribution in [0.25, 0.3) is 0 Å². The Morgan fingerprint density at radius 1 is 1.29 bits per heavy atom. The fraction of sp³-hybridized carbons (Fsp3) is 0.600. The van der Waals surface area contributed by atoms with Gasteiger partial charge in [0.05, 0.1) is 0 Å². The van der Waals surface area contributed by atoms with Gasteiger partial charge in [0.15, 0.2) is 0 Å². The van der Waals surface area contributed by atoms with Gasteiger partial charge in [-0.3, -0.25) is 0 Å². The van der Waals surface area contributed by atoms with Crippen molar-refractivity contribution in [1.82, 2.24) is 5.32 Å². The van der Waals surface area contributed by atoms with Crippen LogP contribution in [0.2, 0.25) is 0 Å². The third-order valence-corrected chi connectivity index (χ3v) is 4.37. The van der Waals surface area contributed by atoms with Crippen LogP contribution in [0.1, 0.15) is 44.6 Å². The van der Waals surface area contributed by atoms with Crippen molar-refractivity contribution in [3.8, 4) is 0 Å². The maximum absolute atomic E-state index is 3.68. The molecule has 94 valence electrons. The van der Waals surface area contributed by atoms with Crippen molar-refractivity contribution in [2.75, 3.05) is 0 Å². The minimum Gasteiger partial charge on any atom is -0.310 e. The quantitative estimate of drug-likeness (QED) is 0.862. The summed E-state index contributed by atoms with van der Waals surface area (Å²) < 4.78 is 1.17. The Hall–Kier alpha value is -0.340. The molecule has 0 radical (unpaired) electrons. The first kappa shape index (κ1) is 13.1. The molecule has 0 amide bonds. The molecule has 0 heterocycles. The van der Waals surface area contributed by atoms with Gasteiger partial charge in [0.25, 0.3) is 0 Å². The molecule has 1 aromatic carbocycles. The second kappa shape index (κ2) is 6.55. The summed E-state index contributed by atoms with van der Waals surface area (Å²) in [6, 6.07) is 9.21. The molecule has 1 N–H and O–H groups in total. The highest BCUT2D eigenvalue weighted by Crippen LogP contribution is 2.26. The third-order valence-electron chi connectivity index (χ3n) is 3.87. The summed E-state index contributed by atoms with van der Waals surface area (Å²) >= 11 is 3.52. The van der Waals surface area contributed by atoms with Gasteiger partial charge in [-0.1, -0.05) is 47.3 Å². The summed E-state index contributed by atoms with van der Waals surface area (Å²) in [7, 11) is 0. The lowest BCUT2D eigenvalue weighted by Crippen LogP contribution is -2.34. The van der Waals surface area contributed by atoms with Crippen molar-refractivity contribution in [2.24, 2.45) is 5.92 Å². The molecule has 1 nitrogen and oxygen atoms in total. The molecule has 2 heteroatoms. The molecule has 1 fully saturated rings. The molecule has 1 saturated carbocycles. The fourth-order valence-electron chi connectivity index (χ4n) is 2.73. The van der Waals surface area contributed by atoms with Crippen LogP contribution in [-0.2, 0) is 6.54 Å². The van der Waals surface area contributed by atoms with Gasteiger partial charge in [0.2, 0.25) is 0 Å². The first-order valence-corrected chi connectivity index (χ1v) is 7.53. The van der Waals surface area contributed by atoms with E-state index in [0.29, 0.717) is 6.04 Å². The Morgan fingerprint density at radius 2 is 2.06 bits per heavy atom. The summed E-state index contributed by atoms with van der Waals surface area (Å²) in [6.45, 7) is 3.32. The van der Waals surface area contributed by atoms with E-state index in [1.54, 1.807) is 0 Å². The van der Waals surface area contributed by atoms with Crippen LogP contribution >= 0.6 is 15.9 Å². The molecule has 1 aromatic rings. The van der Waals surface area contributed by atoms with Crippen molar-refractivity contribution < 1.29 is 0 Å². The van der Waals surface area contributed by atoms with Crippen LogP contribution in [0, 0.1) is 5.92 Å². The molecule has 0 aromatic heterocycles. The van der Waals surface area contributed by atoms with E-state index in [1.807, 2.05) is 0 Å². The van der Waals surface area contributed by atoms with Gasteiger partial charge in [-0.05, 0) is 43.4 Å². The zero-order valence-corrected chi connectivity index (χ0v) is 12.2. The first-order valence-electron chi connectivity index (χ1n) is 6.73. The zero-order chi connectivity index (χ0) is 12.1. The fourth-order valence-corrected chi connectivity index (χ4v) is 3.17. The Kier molecular flexibility index (Phi) is 5.05. The first-order chi connectivity index (χ1) is 8.25. The predicted molar refractivity (Wildman–Crippen MR) is 77.0 cm³/mol. The highest BCUT2D eigenvalue weighted by molar-refractivity contribution is 9.10. The summed E-state index contributed by atoms with van der Waals surface area (Å²) in [5.41, 5.74) is 1.36. The smallest absolute Gasteiger partial charge is 0.0208 e. The number of nitrogens with one attached hydrogen (secondary N) is 1. The molecule has 0 saturated heterocycles. The van der Waals surface area contributed by atoms with E-state index in [0.717, 1.165) is 12.5 Å². The highest BCUT2D eigenvalue weighted by atomic mass is 79.9. The minimum atomic E-state index is 0.647. The molecule has 1 aliphatic carbocycles. The Morgan fingerprint density at radius 3 is 2.76 bits per heavy atom. The summed E-state index contributed by atoms with van der Waals surface area (Å²) in [5.74, 6) is 0.885. The summed E-state index contributed by atoms with van der Waals surface area (Å²) in [4.78, 5) is 0. The van der Waals surface area contributed by atoms with Crippen LogP contribution in [-0.4, -0.2) is 6.04 Å². The molecular weight excluding hydrogens is 274 g/mol. The van der Waals surface area contributed by atoms with Gasteiger partial charge in [0, 0.05) is 17.1 Å².